The van der Waals surface area contributed by atoms with Crippen LogP contribution in [0, 0.1) is 18.8 Å². The summed E-state index contributed by atoms with van der Waals surface area (Å²) in [4.78, 5) is 28.1. The molecule has 0 unspecified atom stereocenters. The summed E-state index contributed by atoms with van der Waals surface area (Å²) in [6.45, 7) is 2.34. The van der Waals surface area contributed by atoms with Crippen LogP contribution < -0.4 is 4.90 Å². The van der Waals surface area contributed by atoms with Gasteiger partial charge in [0.05, 0.1) is 12.2 Å². The molecule has 160 valence electrons. The zero-order valence-electron chi connectivity index (χ0n) is 18.3. The third kappa shape index (κ3) is 4.50. The second kappa shape index (κ2) is 9.15. The molecule has 2 aromatic rings. The number of benzene rings is 1. The van der Waals surface area contributed by atoms with Gasteiger partial charge in [-0.05, 0) is 62.6 Å². The Morgan fingerprint density at radius 1 is 1.13 bits per heavy atom. The highest BCUT2D eigenvalue weighted by Gasteiger charge is 2.31. The first-order chi connectivity index (χ1) is 14.5. The van der Waals surface area contributed by atoms with Gasteiger partial charge in [0.1, 0.15) is 0 Å². The van der Waals surface area contributed by atoms with Crippen molar-refractivity contribution < 1.29 is 9.59 Å². The van der Waals surface area contributed by atoms with Gasteiger partial charge in [0.2, 0.25) is 5.91 Å². The molecule has 0 N–H and O–H groups in total. The fourth-order valence-electron chi connectivity index (χ4n) is 4.96. The van der Waals surface area contributed by atoms with Gasteiger partial charge in [-0.2, -0.15) is 5.10 Å². The van der Waals surface area contributed by atoms with Gasteiger partial charge in [0, 0.05) is 30.8 Å². The number of nitrogens with zero attached hydrogens (tertiary/aromatic N) is 3. The maximum Gasteiger partial charge on any atom is 0.230 e. The Hall–Kier alpha value is -2.43. The van der Waals surface area contributed by atoms with E-state index in [-0.39, 0.29) is 17.6 Å². The number of hydrogen-bond donors (Lipinski definition) is 0. The smallest absolute Gasteiger partial charge is 0.230 e. The summed E-state index contributed by atoms with van der Waals surface area (Å²) in [7, 11) is 1.82. The summed E-state index contributed by atoms with van der Waals surface area (Å²) in [5.41, 5.74) is 4.50. The van der Waals surface area contributed by atoms with E-state index in [2.05, 4.69) is 5.10 Å². The topological polar surface area (TPSA) is 55.2 Å². The van der Waals surface area contributed by atoms with Crippen LogP contribution in [0.1, 0.15) is 61.9 Å². The highest BCUT2D eigenvalue weighted by atomic mass is 16.2. The first-order valence-electron chi connectivity index (χ1n) is 11.4. The fraction of sp³-hybridized carbons (Fsp3) is 0.560. The van der Waals surface area contributed by atoms with Crippen molar-refractivity contribution in [3.63, 3.8) is 0 Å². The van der Waals surface area contributed by atoms with E-state index >= 15 is 0 Å². The van der Waals surface area contributed by atoms with Crippen molar-refractivity contribution in [1.29, 1.82) is 0 Å². The van der Waals surface area contributed by atoms with Crippen molar-refractivity contribution in [1.82, 2.24) is 9.78 Å². The monoisotopic (exact) mass is 407 g/mol. The molecule has 5 heteroatoms. The van der Waals surface area contributed by atoms with E-state index < -0.39 is 0 Å². The number of aryl methyl sites for hydroxylation is 1. The Labute approximate surface area is 179 Å². The second-order valence-electron chi connectivity index (χ2n) is 9.08. The number of carbonyl (C=O) groups is 2. The number of fused-ring (bicyclic) bond motifs is 1. The molecule has 0 saturated heterocycles. The standard InChI is InChI=1S/C25H33N3O2/c1-18-23-13-6-7-14-24(23)28(26-18)17-22(29)16-20(15-19-9-8-10-19)25(30)27(2)21-11-4-3-5-12-21/h3-5,11-12,19-20H,6-10,13-17H2,1-2H3/t20-/m1/s1. The highest BCUT2D eigenvalue weighted by molar-refractivity contribution is 5.97. The molecule has 1 fully saturated rings. The van der Waals surface area contributed by atoms with Gasteiger partial charge in [-0.25, -0.2) is 0 Å². The Balaban J connectivity index is 1.46. The number of carbonyl (C=O) groups excluding carboxylic acids is 2. The molecule has 2 aliphatic carbocycles. The molecular weight excluding hydrogens is 374 g/mol. The third-order valence-electron chi connectivity index (χ3n) is 6.92. The lowest BCUT2D eigenvalue weighted by atomic mass is 9.77. The van der Waals surface area contributed by atoms with E-state index in [9.17, 15) is 9.59 Å². The van der Waals surface area contributed by atoms with E-state index in [1.807, 2.05) is 49.0 Å². The highest BCUT2D eigenvalue weighted by Crippen LogP contribution is 2.34. The number of rotatable bonds is 8. The van der Waals surface area contributed by atoms with Gasteiger partial charge in [0.15, 0.2) is 5.78 Å². The van der Waals surface area contributed by atoms with Gasteiger partial charge in [-0.15, -0.1) is 0 Å². The lowest BCUT2D eigenvalue weighted by molar-refractivity contribution is -0.128. The molecule has 4 rings (SSSR count). The van der Waals surface area contributed by atoms with Crippen LogP contribution in [0.3, 0.4) is 0 Å². The van der Waals surface area contributed by atoms with E-state index in [1.54, 1.807) is 4.90 Å². The summed E-state index contributed by atoms with van der Waals surface area (Å²) in [6, 6.07) is 9.71. The Morgan fingerprint density at radius 2 is 1.87 bits per heavy atom. The SMILES string of the molecule is Cc1nn(CC(=O)C[C@@H](CC2CCC2)C(=O)N(C)c2ccccc2)c2c1CCCC2. The molecule has 0 aliphatic heterocycles. The lowest BCUT2D eigenvalue weighted by Gasteiger charge is -2.31. The van der Waals surface area contributed by atoms with Crippen molar-refractivity contribution in [2.75, 3.05) is 11.9 Å². The first kappa shape index (κ1) is 20.8. The van der Waals surface area contributed by atoms with Gasteiger partial charge in [-0.3, -0.25) is 14.3 Å². The van der Waals surface area contributed by atoms with E-state index in [4.69, 9.17) is 0 Å². The molecule has 1 amide bonds. The zero-order valence-corrected chi connectivity index (χ0v) is 18.3. The summed E-state index contributed by atoms with van der Waals surface area (Å²) >= 11 is 0. The quantitative estimate of drug-likeness (QED) is 0.647. The molecule has 1 heterocycles. The molecule has 30 heavy (non-hydrogen) atoms. The number of hydrogen-bond acceptors (Lipinski definition) is 3. The third-order valence-corrected chi connectivity index (χ3v) is 6.92. The lowest BCUT2D eigenvalue weighted by Crippen LogP contribution is -2.36. The number of amides is 1. The number of aromatic nitrogens is 2. The van der Waals surface area contributed by atoms with E-state index in [0.717, 1.165) is 37.1 Å². The minimum Gasteiger partial charge on any atom is -0.315 e. The predicted octanol–water partition coefficient (Wildman–Crippen LogP) is 4.50. The largest absolute Gasteiger partial charge is 0.315 e. The van der Waals surface area contributed by atoms with E-state index in [0.29, 0.717) is 18.9 Å². The predicted molar refractivity (Wildman–Crippen MR) is 119 cm³/mol. The molecule has 0 bridgehead atoms. The van der Waals surface area contributed by atoms with Crippen molar-refractivity contribution >= 4 is 17.4 Å². The summed E-state index contributed by atoms with van der Waals surface area (Å²) in [6.07, 6.45) is 9.17. The normalized spacial score (nSPS) is 17.1. The molecular formula is C25H33N3O2. The average Bonchev–Trinajstić information content (AvgIpc) is 3.05. The van der Waals surface area contributed by atoms with Crippen LogP contribution in [-0.4, -0.2) is 28.5 Å². The van der Waals surface area contributed by atoms with Crippen molar-refractivity contribution in [2.24, 2.45) is 11.8 Å². The van der Waals surface area contributed by atoms with Crippen LogP contribution in [0.2, 0.25) is 0 Å². The minimum absolute atomic E-state index is 0.0557. The summed E-state index contributed by atoms with van der Waals surface area (Å²) in [5, 5.41) is 4.66. The molecule has 5 nitrogen and oxygen atoms in total. The molecule has 1 saturated carbocycles. The zero-order chi connectivity index (χ0) is 21.1. The number of ketones is 1. The van der Waals surface area contributed by atoms with Crippen LogP contribution in [0.25, 0.3) is 0 Å². The van der Waals surface area contributed by atoms with Gasteiger partial charge in [0.25, 0.3) is 0 Å². The number of anilines is 1. The van der Waals surface area contributed by atoms with Crippen LogP contribution in [-0.2, 0) is 29.0 Å². The van der Waals surface area contributed by atoms with Crippen molar-refractivity contribution in [2.45, 2.75) is 71.3 Å². The maximum absolute atomic E-state index is 13.3. The molecule has 0 radical (unpaired) electrons. The van der Waals surface area contributed by atoms with E-state index in [1.165, 1.54) is 36.9 Å². The molecule has 0 spiro atoms. The first-order valence-corrected chi connectivity index (χ1v) is 11.4. The summed E-state index contributed by atoms with van der Waals surface area (Å²) in [5.74, 6) is 0.501. The molecule has 1 atom stereocenters. The summed E-state index contributed by atoms with van der Waals surface area (Å²) < 4.78 is 1.91. The second-order valence-corrected chi connectivity index (χ2v) is 9.08. The molecule has 1 aromatic heterocycles. The van der Waals surface area contributed by atoms with Crippen molar-refractivity contribution in [3.05, 3.63) is 47.3 Å². The maximum atomic E-state index is 13.3. The van der Waals surface area contributed by atoms with Gasteiger partial charge >= 0.3 is 0 Å². The van der Waals surface area contributed by atoms with Gasteiger partial charge in [-0.1, -0.05) is 37.5 Å². The van der Waals surface area contributed by atoms with Crippen LogP contribution >= 0.6 is 0 Å². The Morgan fingerprint density at radius 3 is 2.57 bits per heavy atom. The fourth-order valence-corrected chi connectivity index (χ4v) is 4.96. The van der Waals surface area contributed by atoms with Crippen LogP contribution in [0.15, 0.2) is 30.3 Å². The minimum atomic E-state index is -0.250. The Kier molecular flexibility index (Phi) is 6.35. The Bertz CT molecular complexity index is 899. The number of para-hydroxylation sites is 1. The van der Waals surface area contributed by atoms with Crippen LogP contribution in [0.4, 0.5) is 5.69 Å². The van der Waals surface area contributed by atoms with Gasteiger partial charge < -0.3 is 4.90 Å². The van der Waals surface area contributed by atoms with Crippen LogP contribution in [0.5, 0.6) is 0 Å². The molecule has 2 aliphatic rings. The van der Waals surface area contributed by atoms with Crippen molar-refractivity contribution in [3.8, 4) is 0 Å². The molecule has 1 aromatic carbocycles. The average molecular weight is 408 g/mol. The number of Topliss-reactive ketones (excluding diaryl/α,β-unsaturated/α-hetero) is 1.